The molecule has 1 aromatic carbocycles. The third-order valence-electron chi connectivity index (χ3n) is 4.16. The highest BCUT2D eigenvalue weighted by molar-refractivity contribution is 6.33. The summed E-state index contributed by atoms with van der Waals surface area (Å²) in [5.74, 6) is 0. The fourth-order valence-corrected chi connectivity index (χ4v) is 3.45. The van der Waals surface area contributed by atoms with Crippen molar-refractivity contribution in [1.29, 1.82) is 0 Å². The third-order valence-corrected chi connectivity index (χ3v) is 4.74. The first-order valence-electron chi connectivity index (χ1n) is 7.43. The van der Waals surface area contributed by atoms with Crippen LogP contribution in [0, 0.1) is 0 Å². The van der Waals surface area contributed by atoms with Crippen LogP contribution in [0.3, 0.4) is 0 Å². The molecule has 1 aliphatic heterocycles. The largest absolute Gasteiger partial charge is 0.313 e. The van der Waals surface area contributed by atoms with E-state index in [1.807, 2.05) is 18.2 Å². The molecule has 0 spiro atoms. The van der Waals surface area contributed by atoms with E-state index in [9.17, 15) is 0 Å². The van der Waals surface area contributed by atoms with Crippen molar-refractivity contribution >= 4 is 23.2 Å². The molecule has 0 saturated carbocycles. The Morgan fingerprint density at radius 2 is 2.05 bits per heavy atom. The van der Waals surface area contributed by atoms with Crippen LogP contribution in [0.25, 0.3) is 0 Å². The second kappa shape index (κ2) is 7.13. The van der Waals surface area contributed by atoms with Crippen molar-refractivity contribution in [2.75, 3.05) is 13.1 Å². The number of benzene rings is 1. The maximum atomic E-state index is 6.36. The topological polar surface area (TPSA) is 15.3 Å². The monoisotopic (exact) mass is 314 g/mol. The van der Waals surface area contributed by atoms with Crippen molar-refractivity contribution in [2.45, 2.75) is 51.7 Å². The van der Waals surface area contributed by atoms with Crippen LogP contribution >= 0.6 is 23.2 Å². The molecule has 1 N–H and O–H groups in total. The first-order chi connectivity index (χ1) is 9.49. The summed E-state index contributed by atoms with van der Waals surface area (Å²) >= 11 is 12.5. The quantitative estimate of drug-likeness (QED) is 0.859. The Labute approximate surface area is 132 Å². The van der Waals surface area contributed by atoms with E-state index in [0.717, 1.165) is 28.7 Å². The zero-order chi connectivity index (χ0) is 14.7. The lowest BCUT2D eigenvalue weighted by atomic mass is 10.0. The molecule has 2 unspecified atom stereocenters. The van der Waals surface area contributed by atoms with Crippen LogP contribution in [0.2, 0.25) is 10.0 Å². The third kappa shape index (κ3) is 3.88. The number of nitrogens with zero attached hydrogens (tertiary/aromatic N) is 1. The van der Waals surface area contributed by atoms with Crippen molar-refractivity contribution in [1.82, 2.24) is 10.2 Å². The van der Waals surface area contributed by atoms with E-state index >= 15 is 0 Å². The van der Waals surface area contributed by atoms with Gasteiger partial charge in [-0.1, -0.05) is 23.2 Å². The van der Waals surface area contributed by atoms with E-state index in [1.165, 1.54) is 12.8 Å². The molecule has 0 aromatic heterocycles. The normalized spacial score (nSPS) is 20.9. The van der Waals surface area contributed by atoms with E-state index in [0.29, 0.717) is 12.1 Å². The van der Waals surface area contributed by atoms with Crippen molar-refractivity contribution in [2.24, 2.45) is 0 Å². The summed E-state index contributed by atoms with van der Waals surface area (Å²) in [5, 5.41) is 5.12. The zero-order valence-corrected chi connectivity index (χ0v) is 14.0. The molecule has 4 heteroatoms. The van der Waals surface area contributed by atoms with Crippen LogP contribution in [-0.4, -0.2) is 30.1 Å². The van der Waals surface area contributed by atoms with Crippen LogP contribution in [0.4, 0.5) is 0 Å². The van der Waals surface area contributed by atoms with Crippen molar-refractivity contribution in [3.63, 3.8) is 0 Å². The number of nitrogens with one attached hydrogen (secondary N) is 1. The lowest BCUT2D eigenvalue weighted by molar-refractivity contribution is 0.150. The van der Waals surface area contributed by atoms with Gasteiger partial charge in [-0.15, -0.1) is 0 Å². The smallest absolute Gasteiger partial charge is 0.0454 e. The van der Waals surface area contributed by atoms with Gasteiger partial charge in [0.1, 0.15) is 0 Å². The summed E-state index contributed by atoms with van der Waals surface area (Å²) in [5.41, 5.74) is 1.12. The highest BCUT2D eigenvalue weighted by atomic mass is 35.5. The van der Waals surface area contributed by atoms with Crippen LogP contribution in [-0.2, 0) is 0 Å². The summed E-state index contributed by atoms with van der Waals surface area (Å²) in [6, 6.07) is 7.07. The van der Waals surface area contributed by atoms with E-state index in [4.69, 9.17) is 23.2 Å². The van der Waals surface area contributed by atoms with Gasteiger partial charge in [0.25, 0.3) is 0 Å². The molecule has 1 aliphatic rings. The van der Waals surface area contributed by atoms with Crippen molar-refractivity contribution in [3.05, 3.63) is 33.8 Å². The minimum absolute atomic E-state index is 0.267. The first-order valence-corrected chi connectivity index (χ1v) is 8.18. The standard InChI is InChI=1S/C16H24Cl2N2/c1-11(2)20(10-14-5-4-8-19-14)12(3)15-9-13(17)6-7-16(15)18/h6-7,9,11-12,14,19H,4-5,8,10H2,1-3H3. The van der Waals surface area contributed by atoms with Crippen molar-refractivity contribution < 1.29 is 0 Å². The van der Waals surface area contributed by atoms with E-state index in [2.05, 4.69) is 31.0 Å². The van der Waals surface area contributed by atoms with Gasteiger partial charge in [0.05, 0.1) is 0 Å². The summed E-state index contributed by atoms with van der Waals surface area (Å²) in [6.07, 6.45) is 2.54. The van der Waals surface area contributed by atoms with E-state index in [1.54, 1.807) is 0 Å². The van der Waals surface area contributed by atoms with Gasteiger partial charge in [-0.05, 0) is 63.9 Å². The lowest BCUT2D eigenvalue weighted by Gasteiger charge is -2.35. The Kier molecular flexibility index (Phi) is 5.74. The number of rotatable bonds is 5. The number of halogens is 2. The fourth-order valence-electron chi connectivity index (χ4n) is 3.00. The van der Waals surface area contributed by atoms with E-state index < -0.39 is 0 Å². The molecular formula is C16H24Cl2N2. The molecule has 1 heterocycles. The predicted octanol–water partition coefficient (Wildman–Crippen LogP) is 4.52. The Morgan fingerprint density at radius 3 is 2.65 bits per heavy atom. The summed E-state index contributed by atoms with van der Waals surface area (Å²) in [6.45, 7) is 8.89. The minimum atomic E-state index is 0.267. The average Bonchev–Trinajstić information content (AvgIpc) is 2.90. The molecule has 112 valence electrons. The molecule has 0 aliphatic carbocycles. The molecule has 0 amide bonds. The molecule has 2 nitrogen and oxygen atoms in total. The van der Waals surface area contributed by atoms with E-state index in [-0.39, 0.29) is 6.04 Å². The Bertz CT molecular complexity index is 442. The fraction of sp³-hybridized carbons (Fsp3) is 0.625. The summed E-state index contributed by atoms with van der Waals surface area (Å²) < 4.78 is 0. The molecule has 2 rings (SSSR count). The van der Waals surface area contributed by atoms with Gasteiger partial charge < -0.3 is 5.32 Å². The van der Waals surface area contributed by atoms with Crippen molar-refractivity contribution in [3.8, 4) is 0 Å². The Balaban J connectivity index is 2.17. The van der Waals surface area contributed by atoms with Gasteiger partial charge in [-0.2, -0.15) is 0 Å². The molecule has 1 aromatic rings. The molecule has 20 heavy (non-hydrogen) atoms. The maximum absolute atomic E-state index is 6.36. The second-order valence-corrected chi connectivity index (χ2v) is 6.77. The maximum Gasteiger partial charge on any atom is 0.0454 e. The average molecular weight is 315 g/mol. The molecule has 1 fully saturated rings. The zero-order valence-electron chi connectivity index (χ0n) is 12.5. The highest BCUT2D eigenvalue weighted by Crippen LogP contribution is 2.31. The molecule has 0 radical (unpaired) electrons. The van der Waals surface area contributed by atoms with Gasteiger partial charge >= 0.3 is 0 Å². The lowest BCUT2D eigenvalue weighted by Crippen LogP contribution is -2.42. The second-order valence-electron chi connectivity index (χ2n) is 5.93. The summed E-state index contributed by atoms with van der Waals surface area (Å²) in [4.78, 5) is 2.50. The Hall–Kier alpha value is -0.280. The van der Waals surface area contributed by atoms with Gasteiger partial charge in [-0.3, -0.25) is 4.90 Å². The molecular weight excluding hydrogens is 291 g/mol. The van der Waals surface area contributed by atoms with Gasteiger partial charge in [0, 0.05) is 34.7 Å². The predicted molar refractivity (Wildman–Crippen MR) is 87.7 cm³/mol. The van der Waals surface area contributed by atoms with Gasteiger partial charge in [0.2, 0.25) is 0 Å². The molecule has 1 saturated heterocycles. The SMILES string of the molecule is CC(C)N(CC1CCCN1)C(C)c1cc(Cl)ccc1Cl. The number of hydrogen-bond donors (Lipinski definition) is 1. The highest BCUT2D eigenvalue weighted by Gasteiger charge is 2.25. The molecule has 0 bridgehead atoms. The first kappa shape index (κ1) is 16.1. The van der Waals surface area contributed by atoms with Crippen LogP contribution in [0.5, 0.6) is 0 Å². The minimum Gasteiger partial charge on any atom is -0.313 e. The van der Waals surface area contributed by atoms with Gasteiger partial charge in [-0.25, -0.2) is 0 Å². The van der Waals surface area contributed by atoms with Crippen LogP contribution in [0.15, 0.2) is 18.2 Å². The van der Waals surface area contributed by atoms with Gasteiger partial charge in [0.15, 0.2) is 0 Å². The Morgan fingerprint density at radius 1 is 1.30 bits per heavy atom. The van der Waals surface area contributed by atoms with Crippen LogP contribution in [0.1, 0.15) is 45.2 Å². The number of hydrogen-bond acceptors (Lipinski definition) is 2. The summed E-state index contributed by atoms with van der Waals surface area (Å²) in [7, 11) is 0. The van der Waals surface area contributed by atoms with Crippen LogP contribution < -0.4 is 5.32 Å². The molecule has 2 atom stereocenters.